The van der Waals surface area contributed by atoms with Crippen molar-refractivity contribution >= 4 is 12.4 Å². The highest BCUT2D eigenvalue weighted by molar-refractivity contribution is 5.85. The maximum Gasteiger partial charge on any atom is 0.119 e. The standard InChI is InChI=1S/C16H24N2O.ClH/c1-13-10-17-8-9-18(13)11-14-4-6-16(7-5-14)19-12-15-2-3-15;/h4-7,13,15,17H,2-3,8-12H2,1H3;1H/t13-;/m1./s1. The first kappa shape index (κ1) is 15.6. The molecule has 1 saturated carbocycles. The van der Waals surface area contributed by atoms with Crippen LogP contribution in [0.5, 0.6) is 5.75 Å². The van der Waals surface area contributed by atoms with Crippen LogP contribution in [0.3, 0.4) is 0 Å². The van der Waals surface area contributed by atoms with Gasteiger partial charge in [-0.2, -0.15) is 0 Å². The Morgan fingerprint density at radius 2 is 2.00 bits per heavy atom. The molecule has 0 amide bonds. The Bertz CT molecular complexity index is 405. The van der Waals surface area contributed by atoms with E-state index in [2.05, 4.69) is 41.4 Å². The summed E-state index contributed by atoms with van der Waals surface area (Å²) in [7, 11) is 0. The number of nitrogens with one attached hydrogen (secondary N) is 1. The first-order chi connectivity index (χ1) is 9.31. The third kappa shape index (κ3) is 4.37. The van der Waals surface area contributed by atoms with Crippen molar-refractivity contribution in [2.75, 3.05) is 26.2 Å². The molecule has 2 fully saturated rings. The van der Waals surface area contributed by atoms with Crippen LogP contribution in [0.2, 0.25) is 0 Å². The summed E-state index contributed by atoms with van der Waals surface area (Å²) in [6.07, 6.45) is 2.69. The summed E-state index contributed by atoms with van der Waals surface area (Å²) in [6, 6.07) is 9.27. The normalized spacial score (nSPS) is 23.1. The van der Waals surface area contributed by atoms with Gasteiger partial charge >= 0.3 is 0 Å². The quantitative estimate of drug-likeness (QED) is 0.904. The lowest BCUT2D eigenvalue weighted by Crippen LogP contribution is -2.49. The molecule has 1 aliphatic heterocycles. The third-order valence-electron chi connectivity index (χ3n) is 4.13. The van der Waals surface area contributed by atoms with Crippen molar-refractivity contribution in [3.8, 4) is 5.75 Å². The molecule has 1 atom stereocenters. The van der Waals surface area contributed by atoms with Crippen LogP contribution in [-0.2, 0) is 6.54 Å². The molecule has 4 heteroatoms. The summed E-state index contributed by atoms with van der Waals surface area (Å²) in [5, 5.41) is 3.43. The van der Waals surface area contributed by atoms with Crippen LogP contribution in [0.4, 0.5) is 0 Å². The lowest BCUT2D eigenvalue weighted by Gasteiger charge is -2.33. The van der Waals surface area contributed by atoms with Crippen molar-refractivity contribution in [2.24, 2.45) is 5.92 Å². The van der Waals surface area contributed by atoms with Gasteiger partial charge in [-0.3, -0.25) is 4.90 Å². The molecule has 1 aromatic carbocycles. The summed E-state index contributed by atoms with van der Waals surface area (Å²) in [5.41, 5.74) is 1.38. The molecule has 3 rings (SSSR count). The van der Waals surface area contributed by atoms with Crippen molar-refractivity contribution in [1.29, 1.82) is 0 Å². The molecule has 0 aromatic heterocycles. The number of piperazine rings is 1. The van der Waals surface area contributed by atoms with Gasteiger partial charge in [0.1, 0.15) is 5.75 Å². The van der Waals surface area contributed by atoms with Gasteiger partial charge in [-0.05, 0) is 43.4 Å². The minimum absolute atomic E-state index is 0. The molecule has 2 aliphatic rings. The van der Waals surface area contributed by atoms with E-state index < -0.39 is 0 Å². The Morgan fingerprint density at radius 3 is 2.65 bits per heavy atom. The number of hydrogen-bond donors (Lipinski definition) is 1. The third-order valence-corrected chi connectivity index (χ3v) is 4.13. The van der Waals surface area contributed by atoms with Crippen molar-refractivity contribution in [3.05, 3.63) is 29.8 Å². The molecule has 1 heterocycles. The summed E-state index contributed by atoms with van der Waals surface area (Å²) >= 11 is 0. The van der Waals surface area contributed by atoms with Crippen LogP contribution in [0, 0.1) is 5.92 Å². The molecule has 112 valence electrons. The van der Waals surface area contributed by atoms with Crippen LogP contribution in [-0.4, -0.2) is 37.2 Å². The number of benzene rings is 1. The van der Waals surface area contributed by atoms with Crippen molar-refractivity contribution in [2.45, 2.75) is 32.4 Å². The first-order valence-electron chi connectivity index (χ1n) is 7.48. The molecular weight excluding hydrogens is 272 g/mol. The minimum atomic E-state index is 0. The highest BCUT2D eigenvalue weighted by Gasteiger charge is 2.22. The van der Waals surface area contributed by atoms with Gasteiger partial charge < -0.3 is 10.1 Å². The number of ether oxygens (including phenoxy) is 1. The van der Waals surface area contributed by atoms with E-state index in [4.69, 9.17) is 4.74 Å². The molecular formula is C16H25ClN2O. The Morgan fingerprint density at radius 1 is 1.25 bits per heavy atom. The molecule has 1 saturated heterocycles. The van der Waals surface area contributed by atoms with Gasteiger partial charge in [0.25, 0.3) is 0 Å². The van der Waals surface area contributed by atoms with Crippen molar-refractivity contribution in [3.63, 3.8) is 0 Å². The van der Waals surface area contributed by atoms with Gasteiger partial charge in [-0.15, -0.1) is 12.4 Å². The SMILES string of the molecule is C[C@@H]1CNCCN1Cc1ccc(OCC2CC2)cc1.Cl. The molecule has 0 bridgehead atoms. The Kier molecular flexibility index (Phi) is 5.70. The number of rotatable bonds is 5. The van der Waals surface area contributed by atoms with E-state index in [0.29, 0.717) is 6.04 Å². The number of hydrogen-bond acceptors (Lipinski definition) is 3. The summed E-state index contributed by atoms with van der Waals surface area (Å²) < 4.78 is 5.77. The second kappa shape index (κ2) is 7.30. The molecule has 1 aliphatic carbocycles. The highest BCUT2D eigenvalue weighted by atomic mass is 35.5. The van der Waals surface area contributed by atoms with E-state index in [0.717, 1.165) is 44.5 Å². The van der Waals surface area contributed by atoms with Gasteiger partial charge in [0, 0.05) is 32.2 Å². The second-order valence-corrected chi connectivity index (χ2v) is 5.92. The summed E-state index contributed by atoms with van der Waals surface area (Å²) in [6.45, 7) is 7.58. The molecule has 0 radical (unpaired) electrons. The lowest BCUT2D eigenvalue weighted by atomic mass is 10.1. The second-order valence-electron chi connectivity index (χ2n) is 5.92. The van der Waals surface area contributed by atoms with Crippen LogP contribution >= 0.6 is 12.4 Å². The van der Waals surface area contributed by atoms with E-state index in [1.54, 1.807) is 0 Å². The smallest absolute Gasteiger partial charge is 0.119 e. The molecule has 0 spiro atoms. The van der Waals surface area contributed by atoms with Gasteiger partial charge in [-0.1, -0.05) is 12.1 Å². The van der Waals surface area contributed by atoms with Crippen LogP contribution in [0.25, 0.3) is 0 Å². The monoisotopic (exact) mass is 296 g/mol. The van der Waals surface area contributed by atoms with Gasteiger partial charge in [0.15, 0.2) is 0 Å². The average molecular weight is 297 g/mol. The maximum atomic E-state index is 5.77. The van der Waals surface area contributed by atoms with Crippen LogP contribution in [0.1, 0.15) is 25.3 Å². The average Bonchev–Trinajstić information content (AvgIpc) is 3.25. The number of nitrogens with zero attached hydrogens (tertiary/aromatic N) is 1. The van der Waals surface area contributed by atoms with E-state index in [9.17, 15) is 0 Å². The van der Waals surface area contributed by atoms with Gasteiger partial charge in [0.2, 0.25) is 0 Å². The van der Waals surface area contributed by atoms with E-state index in [1.165, 1.54) is 18.4 Å². The van der Waals surface area contributed by atoms with Crippen LogP contribution < -0.4 is 10.1 Å². The lowest BCUT2D eigenvalue weighted by molar-refractivity contribution is 0.165. The van der Waals surface area contributed by atoms with E-state index in [1.807, 2.05) is 0 Å². The zero-order valence-electron chi connectivity index (χ0n) is 12.2. The predicted octanol–water partition coefficient (Wildman–Crippen LogP) is 2.69. The maximum absolute atomic E-state index is 5.77. The number of halogens is 1. The first-order valence-corrected chi connectivity index (χ1v) is 7.48. The fraction of sp³-hybridized carbons (Fsp3) is 0.625. The fourth-order valence-electron chi connectivity index (χ4n) is 2.54. The molecule has 20 heavy (non-hydrogen) atoms. The topological polar surface area (TPSA) is 24.5 Å². The Balaban J connectivity index is 0.00000147. The Hall–Kier alpha value is -0.770. The molecule has 1 aromatic rings. The zero-order chi connectivity index (χ0) is 13.1. The highest BCUT2D eigenvalue weighted by Crippen LogP contribution is 2.29. The molecule has 1 N–H and O–H groups in total. The zero-order valence-corrected chi connectivity index (χ0v) is 13.0. The van der Waals surface area contributed by atoms with Crippen molar-refractivity contribution < 1.29 is 4.74 Å². The summed E-state index contributed by atoms with van der Waals surface area (Å²) in [4.78, 5) is 2.54. The summed E-state index contributed by atoms with van der Waals surface area (Å²) in [5.74, 6) is 1.84. The van der Waals surface area contributed by atoms with Gasteiger partial charge in [-0.25, -0.2) is 0 Å². The predicted molar refractivity (Wildman–Crippen MR) is 84.7 cm³/mol. The van der Waals surface area contributed by atoms with E-state index in [-0.39, 0.29) is 12.4 Å². The minimum Gasteiger partial charge on any atom is -0.493 e. The van der Waals surface area contributed by atoms with Crippen LogP contribution in [0.15, 0.2) is 24.3 Å². The molecule has 3 nitrogen and oxygen atoms in total. The van der Waals surface area contributed by atoms with Crippen molar-refractivity contribution in [1.82, 2.24) is 10.2 Å². The van der Waals surface area contributed by atoms with Gasteiger partial charge in [0.05, 0.1) is 6.61 Å². The largest absolute Gasteiger partial charge is 0.493 e. The molecule has 0 unspecified atom stereocenters. The Labute approximate surface area is 128 Å². The fourth-order valence-corrected chi connectivity index (χ4v) is 2.54. The van der Waals surface area contributed by atoms with E-state index >= 15 is 0 Å².